The molecule has 0 saturated carbocycles. The molecule has 0 atom stereocenters. The maximum absolute atomic E-state index is 13.0. The Kier molecular flexibility index (Phi) is 11.5. The first-order valence-corrected chi connectivity index (χ1v) is 13.6. The smallest absolute Gasteiger partial charge is 0.337 e. The van der Waals surface area contributed by atoms with Crippen molar-refractivity contribution in [3.63, 3.8) is 0 Å². The molecule has 174 valence electrons. The Morgan fingerprint density at radius 3 is 2.12 bits per heavy atom. The maximum Gasteiger partial charge on any atom is 0.337 e. The van der Waals surface area contributed by atoms with Crippen molar-refractivity contribution in [1.82, 2.24) is 0 Å². The van der Waals surface area contributed by atoms with E-state index in [1.807, 2.05) is 0 Å². The average Bonchev–Trinajstić information content (AvgIpc) is 2.74. The van der Waals surface area contributed by atoms with Crippen LogP contribution in [0.5, 0.6) is 5.75 Å². The van der Waals surface area contributed by atoms with Gasteiger partial charge in [0.1, 0.15) is 5.75 Å². The lowest BCUT2D eigenvalue weighted by atomic mass is 10.1. The minimum atomic E-state index is -1.24. The van der Waals surface area contributed by atoms with E-state index in [9.17, 15) is 14.7 Å². The van der Waals surface area contributed by atoms with E-state index in [0.717, 1.165) is 12.8 Å². The summed E-state index contributed by atoms with van der Waals surface area (Å²) in [7, 11) is 0. The number of halogens is 5. The number of aromatic carboxylic acids is 1. The number of unbranched alkanes of at least 4 members (excludes halogenated alkanes) is 5. The Balaban J connectivity index is 2.10. The number of anilines is 1. The molecule has 0 spiro atoms. The number of carboxylic acids is 1. The van der Waals surface area contributed by atoms with Gasteiger partial charge >= 0.3 is 5.97 Å². The number of carbonyl (C=O) groups excluding carboxylic acids is 1. The summed E-state index contributed by atoms with van der Waals surface area (Å²) < 4.78 is 7.31. The van der Waals surface area contributed by atoms with Crippen molar-refractivity contribution in [2.45, 2.75) is 45.4 Å². The van der Waals surface area contributed by atoms with Crippen LogP contribution < -0.4 is 10.1 Å². The second-order valence-electron chi connectivity index (χ2n) is 7.03. The van der Waals surface area contributed by atoms with Gasteiger partial charge in [0.05, 0.1) is 22.8 Å². The molecule has 5 nitrogen and oxygen atoms in total. The molecule has 0 heterocycles. The lowest BCUT2D eigenvalue weighted by Gasteiger charge is -2.15. The molecule has 0 unspecified atom stereocenters. The molecule has 2 aromatic rings. The van der Waals surface area contributed by atoms with Gasteiger partial charge in [-0.3, -0.25) is 4.79 Å². The van der Waals surface area contributed by atoms with E-state index in [2.05, 4.69) is 76.0 Å². The van der Waals surface area contributed by atoms with Crippen molar-refractivity contribution >= 4 is 92.9 Å². The highest BCUT2D eigenvalue weighted by atomic mass is 79.9. The van der Waals surface area contributed by atoms with E-state index in [0.29, 0.717) is 36.5 Å². The van der Waals surface area contributed by atoms with E-state index in [4.69, 9.17) is 16.3 Å². The van der Waals surface area contributed by atoms with Crippen LogP contribution in [0, 0.1) is 0 Å². The Morgan fingerprint density at radius 2 is 1.53 bits per heavy atom. The number of hydrogen-bond acceptors (Lipinski definition) is 3. The summed E-state index contributed by atoms with van der Waals surface area (Å²) in [6.45, 7) is 2.77. The quantitative estimate of drug-likeness (QED) is 0.138. The SMILES string of the molecule is CCCCCCCCOc1ccc(NC(=O)c2c(Br)c(Br)c(Br)c(Br)c2C(=O)O)cc1Cl. The third-order valence-electron chi connectivity index (χ3n) is 4.65. The van der Waals surface area contributed by atoms with Crippen LogP contribution in [0.1, 0.15) is 66.2 Å². The van der Waals surface area contributed by atoms with E-state index < -0.39 is 11.9 Å². The van der Waals surface area contributed by atoms with Gasteiger partial charge in [0.25, 0.3) is 5.91 Å². The molecule has 2 N–H and O–H groups in total. The molecule has 0 radical (unpaired) electrons. The van der Waals surface area contributed by atoms with Crippen molar-refractivity contribution in [2.75, 3.05) is 11.9 Å². The third kappa shape index (κ3) is 7.19. The second-order valence-corrected chi connectivity index (χ2v) is 10.6. The standard InChI is InChI=1S/C22H22Br4ClNO4/c1-2-3-4-5-6-7-10-32-14-9-8-12(11-13(14)27)28-21(29)15-16(22(30)31)18(24)20(26)19(25)17(15)23/h8-9,11H,2-7,10H2,1H3,(H,28,29)(H,30,31). The minimum absolute atomic E-state index is 0.0287. The fourth-order valence-corrected chi connectivity index (χ4v) is 5.70. The van der Waals surface area contributed by atoms with Gasteiger partial charge in [0, 0.05) is 23.6 Å². The number of hydrogen-bond donors (Lipinski definition) is 2. The van der Waals surface area contributed by atoms with Crippen molar-refractivity contribution in [2.24, 2.45) is 0 Å². The van der Waals surface area contributed by atoms with Gasteiger partial charge < -0.3 is 15.2 Å². The van der Waals surface area contributed by atoms with Gasteiger partial charge in [-0.2, -0.15) is 0 Å². The molecular weight excluding hydrogens is 697 g/mol. The van der Waals surface area contributed by atoms with Gasteiger partial charge in [-0.1, -0.05) is 50.6 Å². The fourth-order valence-electron chi connectivity index (χ4n) is 3.00. The molecule has 10 heteroatoms. The first kappa shape index (κ1) is 27.6. The molecule has 0 aliphatic carbocycles. The number of benzene rings is 2. The zero-order chi connectivity index (χ0) is 23.8. The van der Waals surface area contributed by atoms with Crippen molar-refractivity contribution < 1.29 is 19.4 Å². The van der Waals surface area contributed by atoms with Crippen LogP contribution in [-0.2, 0) is 0 Å². The number of amides is 1. The van der Waals surface area contributed by atoms with E-state index in [1.165, 1.54) is 25.7 Å². The Morgan fingerprint density at radius 1 is 0.938 bits per heavy atom. The van der Waals surface area contributed by atoms with Crippen LogP contribution >= 0.6 is 75.3 Å². The Hall–Kier alpha value is -0.610. The molecular formula is C22H22Br4ClNO4. The van der Waals surface area contributed by atoms with Crippen LogP contribution in [0.3, 0.4) is 0 Å². The summed E-state index contributed by atoms with van der Waals surface area (Å²) in [4.78, 5) is 24.8. The minimum Gasteiger partial charge on any atom is -0.492 e. The highest BCUT2D eigenvalue weighted by molar-refractivity contribution is 9.15. The molecule has 2 aromatic carbocycles. The molecule has 0 aromatic heterocycles. The number of nitrogens with one attached hydrogen (secondary N) is 1. The van der Waals surface area contributed by atoms with Gasteiger partial charge in [-0.15, -0.1) is 0 Å². The number of carbonyl (C=O) groups is 2. The summed E-state index contributed by atoms with van der Waals surface area (Å²) in [6.07, 6.45) is 7.00. The summed E-state index contributed by atoms with van der Waals surface area (Å²) >= 11 is 19.5. The maximum atomic E-state index is 13.0. The predicted octanol–water partition coefficient (Wildman–Crippen LogP) is 9.08. The van der Waals surface area contributed by atoms with E-state index in [1.54, 1.807) is 18.2 Å². The number of carboxylic acid groups (broad SMARTS) is 1. The average molecular weight is 719 g/mol. The number of ether oxygens (including phenoxy) is 1. The molecule has 32 heavy (non-hydrogen) atoms. The van der Waals surface area contributed by atoms with Crippen LogP contribution in [0.15, 0.2) is 36.1 Å². The normalized spacial score (nSPS) is 10.8. The number of rotatable bonds is 11. The zero-order valence-electron chi connectivity index (χ0n) is 17.2. The zero-order valence-corrected chi connectivity index (χ0v) is 24.3. The van der Waals surface area contributed by atoms with Crippen LogP contribution in [0.25, 0.3) is 0 Å². The van der Waals surface area contributed by atoms with Crippen LogP contribution in [0.4, 0.5) is 5.69 Å². The monoisotopic (exact) mass is 715 g/mol. The second kappa shape index (κ2) is 13.3. The Labute approximate surface area is 226 Å². The van der Waals surface area contributed by atoms with Gasteiger partial charge in [0.2, 0.25) is 0 Å². The summed E-state index contributed by atoms with van der Waals surface area (Å²) in [5.41, 5.74) is 0.221. The topological polar surface area (TPSA) is 75.6 Å². The van der Waals surface area contributed by atoms with Crippen molar-refractivity contribution in [1.29, 1.82) is 0 Å². The molecule has 2 rings (SSSR count). The molecule has 0 aliphatic heterocycles. The summed E-state index contributed by atoms with van der Waals surface area (Å²) in [5, 5.41) is 12.7. The van der Waals surface area contributed by atoms with Crippen LogP contribution in [0.2, 0.25) is 5.02 Å². The first-order chi connectivity index (χ1) is 15.2. The van der Waals surface area contributed by atoms with Gasteiger partial charge in [-0.25, -0.2) is 4.79 Å². The predicted molar refractivity (Wildman–Crippen MR) is 142 cm³/mol. The van der Waals surface area contributed by atoms with E-state index >= 15 is 0 Å². The van der Waals surface area contributed by atoms with Crippen molar-refractivity contribution in [3.8, 4) is 5.75 Å². The van der Waals surface area contributed by atoms with Gasteiger partial charge in [-0.05, 0) is 88.3 Å². The van der Waals surface area contributed by atoms with Crippen LogP contribution in [-0.4, -0.2) is 23.6 Å². The highest BCUT2D eigenvalue weighted by Gasteiger charge is 2.28. The van der Waals surface area contributed by atoms with Crippen molar-refractivity contribution in [3.05, 3.63) is 52.2 Å². The lowest BCUT2D eigenvalue weighted by molar-refractivity contribution is 0.0691. The summed E-state index contributed by atoms with van der Waals surface area (Å²) in [5.74, 6) is -1.30. The molecule has 0 bridgehead atoms. The molecule has 1 amide bonds. The van der Waals surface area contributed by atoms with E-state index in [-0.39, 0.29) is 15.6 Å². The lowest BCUT2D eigenvalue weighted by Crippen LogP contribution is -2.18. The fraction of sp³-hybridized carbons (Fsp3) is 0.364. The molecule has 0 saturated heterocycles. The third-order valence-corrected chi connectivity index (χ3v) is 9.72. The first-order valence-electron chi connectivity index (χ1n) is 10.0. The molecule has 0 fully saturated rings. The molecule has 0 aliphatic rings. The largest absolute Gasteiger partial charge is 0.492 e. The summed E-state index contributed by atoms with van der Waals surface area (Å²) in [6, 6.07) is 4.93. The highest BCUT2D eigenvalue weighted by Crippen LogP contribution is 2.42. The Bertz CT molecular complexity index is 1000. The van der Waals surface area contributed by atoms with Gasteiger partial charge in [0.15, 0.2) is 0 Å².